The highest BCUT2D eigenvalue weighted by Crippen LogP contribution is 2.56. The van der Waals surface area contributed by atoms with E-state index in [9.17, 15) is 0 Å². The molecule has 0 N–H and O–H groups in total. The number of allylic oxidation sites excluding steroid dienone is 2. The van der Waals surface area contributed by atoms with Gasteiger partial charge in [-0.1, -0.05) is 101 Å². The van der Waals surface area contributed by atoms with Crippen LogP contribution in [0.25, 0.3) is 12.2 Å². The first-order chi connectivity index (χ1) is 15.1. The molecule has 0 bridgehead atoms. The SMILES string of the molecule is CC[Si](CC)(CC)OCCCC(C)(C1C=Cc2ccccc21)C1C=Cc2ccccc21. The Hall–Kier alpha value is -1.90. The molecular weight excluding hydrogens is 392 g/mol. The van der Waals surface area contributed by atoms with Crippen molar-refractivity contribution in [1.82, 2.24) is 0 Å². The molecule has 0 aromatic heterocycles. The molecule has 0 radical (unpaired) electrons. The summed E-state index contributed by atoms with van der Waals surface area (Å²) >= 11 is 0. The molecule has 164 valence electrons. The molecule has 0 aliphatic heterocycles. The van der Waals surface area contributed by atoms with Gasteiger partial charge in [0, 0.05) is 18.4 Å². The first kappa shape index (κ1) is 22.3. The number of hydrogen-bond donors (Lipinski definition) is 0. The van der Waals surface area contributed by atoms with E-state index < -0.39 is 8.32 Å². The number of hydrogen-bond acceptors (Lipinski definition) is 1. The summed E-state index contributed by atoms with van der Waals surface area (Å²) in [6.07, 6.45) is 11.9. The summed E-state index contributed by atoms with van der Waals surface area (Å²) in [4.78, 5) is 0. The molecule has 1 nitrogen and oxygen atoms in total. The lowest BCUT2D eigenvalue weighted by atomic mass is 9.62. The van der Waals surface area contributed by atoms with E-state index in [-0.39, 0.29) is 5.41 Å². The lowest BCUT2D eigenvalue weighted by Gasteiger charge is -2.41. The monoisotopic (exact) mass is 430 g/mol. The van der Waals surface area contributed by atoms with Crippen LogP contribution in [0.15, 0.2) is 60.7 Å². The lowest BCUT2D eigenvalue weighted by Crippen LogP contribution is -2.36. The van der Waals surface area contributed by atoms with Crippen molar-refractivity contribution in [1.29, 1.82) is 0 Å². The summed E-state index contributed by atoms with van der Waals surface area (Å²) < 4.78 is 6.64. The summed E-state index contributed by atoms with van der Waals surface area (Å²) in [6.45, 7) is 10.4. The van der Waals surface area contributed by atoms with Gasteiger partial charge in [-0.15, -0.1) is 0 Å². The Labute approximate surface area is 190 Å². The van der Waals surface area contributed by atoms with E-state index in [0.29, 0.717) is 11.8 Å². The summed E-state index contributed by atoms with van der Waals surface area (Å²) in [6, 6.07) is 21.6. The Bertz CT molecular complexity index is 883. The second-order valence-corrected chi connectivity index (χ2v) is 14.4. The third-order valence-electron chi connectivity index (χ3n) is 8.22. The van der Waals surface area contributed by atoms with Crippen LogP contribution in [-0.4, -0.2) is 14.9 Å². The summed E-state index contributed by atoms with van der Waals surface area (Å²) in [5, 5.41) is 0. The molecule has 0 amide bonds. The maximum atomic E-state index is 6.64. The van der Waals surface area contributed by atoms with Crippen LogP contribution < -0.4 is 0 Å². The fourth-order valence-electron chi connectivity index (χ4n) is 5.95. The molecule has 2 unspecified atom stereocenters. The Morgan fingerprint density at radius 3 is 1.74 bits per heavy atom. The van der Waals surface area contributed by atoms with Crippen molar-refractivity contribution in [3.8, 4) is 0 Å². The first-order valence-corrected chi connectivity index (χ1v) is 14.8. The molecule has 4 rings (SSSR count). The number of rotatable bonds is 10. The van der Waals surface area contributed by atoms with Crippen LogP contribution >= 0.6 is 0 Å². The van der Waals surface area contributed by atoms with Crippen LogP contribution in [0.4, 0.5) is 0 Å². The molecule has 2 aromatic carbocycles. The zero-order valence-corrected chi connectivity index (χ0v) is 20.7. The molecule has 2 aliphatic carbocycles. The highest BCUT2D eigenvalue weighted by Gasteiger charge is 2.44. The Morgan fingerprint density at radius 2 is 1.26 bits per heavy atom. The molecule has 31 heavy (non-hydrogen) atoms. The Balaban J connectivity index is 1.59. The van der Waals surface area contributed by atoms with E-state index in [0.717, 1.165) is 13.0 Å². The molecule has 2 aliphatic rings. The van der Waals surface area contributed by atoms with Crippen LogP contribution in [0.2, 0.25) is 18.1 Å². The minimum atomic E-state index is -1.52. The average Bonchev–Trinajstić information content (AvgIpc) is 3.45. The van der Waals surface area contributed by atoms with Gasteiger partial charge in [-0.2, -0.15) is 0 Å². The van der Waals surface area contributed by atoms with Gasteiger partial charge in [0.15, 0.2) is 8.32 Å². The summed E-state index contributed by atoms with van der Waals surface area (Å²) in [5.41, 5.74) is 5.88. The van der Waals surface area contributed by atoms with Crippen molar-refractivity contribution >= 4 is 20.5 Å². The highest BCUT2D eigenvalue weighted by molar-refractivity contribution is 6.73. The fraction of sp³-hybridized carbons (Fsp3) is 0.448. The lowest BCUT2D eigenvalue weighted by molar-refractivity contribution is 0.198. The van der Waals surface area contributed by atoms with Crippen LogP contribution in [0.1, 0.15) is 74.6 Å². The van der Waals surface area contributed by atoms with Crippen molar-refractivity contribution in [3.63, 3.8) is 0 Å². The summed E-state index contributed by atoms with van der Waals surface area (Å²) in [5.74, 6) is 0.880. The fourth-order valence-corrected chi connectivity index (χ4v) is 8.64. The molecule has 0 saturated heterocycles. The standard InChI is InChI=1S/C29H38OSi/c1-5-31(6-2,7-3)30-22-12-21-29(4,27-19-17-23-13-8-10-15-25(23)27)28-20-18-24-14-9-11-16-26(24)28/h8-11,13-20,27-28H,5-7,12,21-22H2,1-4H3. The predicted molar refractivity (Wildman–Crippen MR) is 137 cm³/mol. The van der Waals surface area contributed by atoms with Gasteiger partial charge in [0.05, 0.1) is 0 Å². The van der Waals surface area contributed by atoms with Crippen molar-refractivity contribution in [3.05, 3.63) is 82.9 Å². The number of fused-ring (bicyclic) bond motifs is 2. The van der Waals surface area contributed by atoms with E-state index in [1.54, 1.807) is 0 Å². The average molecular weight is 431 g/mol. The minimum Gasteiger partial charge on any atom is -0.417 e. The van der Waals surface area contributed by atoms with Crippen molar-refractivity contribution in [2.75, 3.05) is 6.61 Å². The molecule has 0 spiro atoms. The van der Waals surface area contributed by atoms with E-state index in [1.165, 1.54) is 46.8 Å². The van der Waals surface area contributed by atoms with E-state index in [1.807, 2.05) is 0 Å². The Morgan fingerprint density at radius 1 is 0.774 bits per heavy atom. The van der Waals surface area contributed by atoms with Crippen molar-refractivity contribution in [2.24, 2.45) is 5.41 Å². The highest BCUT2D eigenvalue weighted by atomic mass is 28.4. The Kier molecular flexibility index (Phi) is 6.69. The largest absolute Gasteiger partial charge is 0.417 e. The minimum absolute atomic E-state index is 0.129. The van der Waals surface area contributed by atoms with Gasteiger partial charge in [-0.3, -0.25) is 0 Å². The predicted octanol–water partition coefficient (Wildman–Crippen LogP) is 8.42. The molecule has 2 aromatic rings. The van der Waals surface area contributed by atoms with Crippen molar-refractivity contribution in [2.45, 2.75) is 70.5 Å². The molecule has 2 heteroatoms. The van der Waals surface area contributed by atoms with E-state index in [2.05, 4.69) is 101 Å². The maximum Gasteiger partial charge on any atom is 0.191 e. The van der Waals surface area contributed by atoms with Crippen LogP contribution in [0.5, 0.6) is 0 Å². The number of benzene rings is 2. The smallest absolute Gasteiger partial charge is 0.191 e. The molecule has 0 heterocycles. The van der Waals surface area contributed by atoms with Gasteiger partial charge in [-0.25, -0.2) is 0 Å². The molecule has 0 fully saturated rings. The second-order valence-electron chi connectivity index (χ2n) is 9.63. The zero-order valence-electron chi connectivity index (χ0n) is 19.7. The van der Waals surface area contributed by atoms with Crippen LogP contribution in [0, 0.1) is 5.41 Å². The van der Waals surface area contributed by atoms with E-state index >= 15 is 0 Å². The van der Waals surface area contributed by atoms with Gasteiger partial charge in [0.25, 0.3) is 0 Å². The third-order valence-corrected chi connectivity index (χ3v) is 12.9. The van der Waals surface area contributed by atoms with Gasteiger partial charge in [0.2, 0.25) is 0 Å². The van der Waals surface area contributed by atoms with E-state index in [4.69, 9.17) is 4.43 Å². The first-order valence-electron chi connectivity index (χ1n) is 12.2. The second kappa shape index (κ2) is 9.30. The molecule has 0 saturated carbocycles. The quantitative estimate of drug-likeness (QED) is 0.271. The maximum absolute atomic E-state index is 6.64. The topological polar surface area (TPSA) is 9.23 Å². The van der Waals surface area contributed by atoms with Crippen molar-refractivity contribution < 1.29 is 4.43 Å². The molecule has 2 atom stereocenters. The molecular formula is C29H38OSi. The van der Waals surface area contributed by atoms with Crippen LogP contribution in [0.3, 0.4) is 0 Å². The van der Waals surface area contributed by atoms with Crippen LogP contribution in [-0.2, 0) is 4.43 Å². The normalized spacial score (nSPS) is 21.2. The van der Waals surface area contributed by atoms with Gasteiger partial charge >= 0.3 is 0 Å². The van der Waals surface area contributed by atoms with Gasteiger partial charge in [-0.05, 0) is 58.6 Å². The van der Waals surface area contributed by atoms with Gasteiger partial charge in [0.1, 0.15) is 0 Å². The van der Waals surface area contributed by atoms with Gasteiger partial charge < -0.3 is 4.43 Å². The third kappa shape index (κ3) is 4.13. The summed E-state index contributed by atoms with van der Waals surface area (Å²) in [7, 11) is -1.52. The zero-order chi connectivity index (χ0) is 21.9.